The summed E-state index contributed by atoms with van der Waals surface area (Å²) in [6.07, 6.45) is 1.83. The molecule has 1 saturated heterocycles. The van der Waals surface area contributed by atoms with E-state index in [1.54, 1.807) is 11.3 Å². The highest BCUT2D eigenvalue weighted by Crippen LogP contribution is 2.44. The zero-order valence-corrected chi connectivity index (χ0v) is 18.3. The number of hydrogen-bond donors (Lipinski definition) is 1. The van der Waals surface area contributed by atoms with Crippen molar-refractivity contribution < 1.29 is 0 Å². The lowest BCUT2D eigenvalue weighted by Crippen LogP contribution is -2.29. The van der Waals surface area contributed by atoms with Crippen LogP contribution < -0.4 is 10.2 Å². The molecule has 0 aliphatic carbocycles. The van der Waals surface area contributed by atoms with Crippen LogP contribution in [0.25, 0.3) is 0 Å². The van der Waals surface area contributed by atoms with Gasteiger partial charge in [-0.05, 0) is 70.0 Å². The van der Waals surface area contributed by atoms with Crippen molar-refractivity contribution in [2.24, 2.45) is 0 Å². The maximum absolute atomic E-state index is 5.75. The molecule has 27 heavy (non-hydrogen) atoms. The molecule has 1 fully saturated rings. The Balaban J connectivity index is 1.78. The van der Waals surface area contributed by atoms with Gasteiger partial charge in [0.05, 0.1) is 17.8 Å². The number of thiophene rings is 1. The summed E-state index contributed by atoms with van der Waals surface area (Å²) >= 11 is 11.1. The number of halogens is 1. The zero-order valence-electron chi connectivity index (χ0n) is 15.1. The number of anilines is 1. The van der Waals surface area contributed by atoms with E-state index in [2.05, 4.69) is 86.8 Å². The summed E-state index contributed by atoms with van der Waals surface area (Å²) in [6, 6.07) is 17.0. The molecule has 1 aliphatic rings. The monoisotopic (exact) mass is 457 g/mol. The van der Waals surface area contributed by atoms with E-state index in [-0.39, 0.29) is 12.1 Å². The zero-order chi connectivity index (χ0) is 19.0. The van der Waals surface area contributed by atoms with Crippen LogP contribution in [0.15, 0.2) is 64.6 Å². The molecule has 3 aromatic rings. The summed E-state index contributed by atoms with van der Waals surface area (Å²) in [5, 5.41) is 6.35. The third kappa shape index (κ3) is 3.66. The smallest absolute Gasteiger partial charge is 0.174 e. The second-order valence-electron chi connectivity index (χ2n) is 6.91. The molecule has 1 N–H and O–H groups in total. The standard InChI is InChI=1S/C21H20BrN3S2/c1-13(2)14-6-8-16(9-7-14)25-20(18-11-15(22)12-27-18)19(24-21(25)26)17-5-3-4-10-23-17/h3-13,19-20H,1-2H3,(H,24,26). The number of aromatic nitrogens is 1. The van der Waals surface area contributed by atoms with Gasteiger partial charge in [0, 0.05) is 26.6 Å². The lowest BCUT2D eigenvalue weighted by molar-refractivity contribution is 0.575. The van der Waals surface area contributed by atoms with Crippen LogP contribution in [0.4, 0.5) is 5.69 Å². The van der Waals surface area contributed by atoms with Crippen LogP contribution in [0, 0.1) is 0 Å². The van der Waals surface area contributed by atoms with Gasteiger partial charge in [-0.15, -0.1) is 11.3 Å². The summed E-state index contributed by atoms with van der Waals surface area (Å²) in [6.45, 7) is 4.42. The molecule has 2 aromatic heterocycles. The number of pyridine rings is 1. The summed E-state index contributed by atoms with van der Waals surface area (Å²) < 4.78 is 1.09. The van der Waals surface area contributed by atoms with E-state index in [9.17, 15) is 0 Å². The maximum atomic E-state index is 5.75. The molecule has 4 rings (SSSR count). The molecule has 3 nitrogen and oxygen atoms in total. The van der Waals surface area contributed by atoms with E-state index in [1.807, 2.05) is 18.3 Å². The van der Waals surface area contributed by atoms with Gasteiger partial charge in [0.2, 0.25) is 0 Å². The van der Waals surface area contributed by atoms with Crippen molar-refractivity contribution in [2.75, 3.05) is 4.90 Å². The van der Waals surface area contributed by atoms with Gasteiger partial charge >= 0.3 is 0 Å². The largest absolute Gasteiger partial charge is 0.351 e. The van der Waals surface area contributed by atoms with Gasteiger partial charge in [0.25, 0.3) is 0 Å². The molecule has 0 saturated carbocycles. The fourth-order valence-electron chi connectivity index (χ4n) is 3.43. The van der Waals surface area contributed by atoms with Crippen molar-refractivity contribution in [1.82, 2.24) is 10.3 Å². The SMILES string of the molecule is CC(C)c1ccc(N2C(=S)NC(c3ccccn3)C2c2cc(Br)cs2)cc1. The van der Waals surface area contributed by atoms with Gasteiger partial charge in [-0.1, -0.05) is 32.0 Å². The quantitative estimate of drug-likeness (QED) is 0.471. The lowest BCUT2D eigenvalue weighted by Gasteiger charge is -2.27. The van der Waals surface area contributed by atoms with Crippen LogP contribution in [0.3, 0.4) is 0 Å². The Bertz CT molecular complexity index is 938. The molecule has 138 valence electrons. The molecule has 0 amide bonds. The molecule has 6 heteroatoms. The average molecular weight is 458 g/mol. The molecule has 2 atom stereocenters. The Morgan fingerprint density at radius 2 is 1.96 bits per heavy atom. The maximum Gasteiger partial charge on any atom is 0.174 e. The van der Waals surface area contributed by atoms with Crippen LogP contribution in [-0.2, 0) is 0 Å². The number of hydrogen-bond acceptors (Lipinski definition) is 3. The molecule has 1 aliphatic heterocycles. The highest BCUT2D eigenvalue weighted by molar-refractivity contribution is 9.10. The summed E-state index contributed by atoms with van der Waals surface area (Å²) in [5.74, 6) is 0.507. The fourth-order valence-corrected chi connectivity index (χ4v) is 5.34. The molecule has 1 aromatic carbocycles. The normalized spacial score (nSPS) is 19.6. The molecular weight excluding hydrogens is 438 g/mol. The van der Waals surface area contributed by atoms with Crippen LogP contribution >= 0.6 is 39.5 Å². The Morgan fingerprint density at radius 1 is 1.19 bits per heavy atom. The molecule has 3 heterocycles. The first-order valence-corrected chi connectivity index (χ1v) is 11.0. The average Bonchev–Trinajstić information content (AvgIpc) is 3.25. The molecule has 2 unspecified atom stereocenters. The van der Waals surface area contributed by atoms with Crippen LogP contribution in [0.5, 0.6) is 0 Å². The fraction of sp³-hybridized carbons (Fsp3) is 0.238. The summed E-state index contributed by atoms with van der Waals surface area (Å²) in [5.41, 5.74) is 3.43. The van der Waals surface area contributed by atoms with Gasteiger partial charge in [-0.3, -0.25) is 4.98 Å². The van der Waals surface area contributed by atoms with Crippen molar-refractivity contribution >= 4 is 50.3 Å². The summed E-state index contributed by atoms with van der Waals surface area (Å²) in [4.78, 5) is 8.05. The Morgan fingerprint density at radius 3 is 2.56 bits per heavy atom. The van der Waals surface area contributed by atoms with Crippen LogP contribution in [0.2, 0.25) is 0 Å². The van der Waals surface area contributed by atoms with Gasteiger partial charge in [-0.25, -0.2) is 0 Å². The van der Waals surface area contributed by atoms with Gasteiger partial charge in [-0.2, -0.15) is 0 Å². The van der Waals surface area contributed by atoms with E-state index >= 15 is 0 Å². The highest BCUT2D eigenvalue weighted by atomic mass is 79.9. The molecule has 0 spiro atoms. The second kappa shape index (κ2) is 7.70. The molecule has 0 radical (unpaired) electrons. The topological polar surface area (TPSA) is 28.2 Å². The third-order valence-corrected chi connectivity index (χ3v) is 6.89. The number of rotatable bonds is 4. The van der Waals surface area contributed by atoms with E-state index in [4.69, 9.17) is 12.2 Å². The summed E-state index contributed by atoms with van der Waals surface area (Å²) in [7, 11) is 0. The lowest BCUT2D eigenvalue weighted by atomic mass is 10.0. The second-order valence-corrected chi connectivity index (χ2v) is 9.16. The number of nitrogens with zero attached hydrogens (tertiary/aromatic N) is 2. The van der Waals surface area contributed by atoms with Crippen molar-refractivity contribution in [3.05, 3.63) is 80.7 Å². The van der Waals surface area contributed by atoms with E-state index < -0.39 is 0 Å². The number of nitrogens with one attached hydrogen (secondary N) is 1. The minimum atomic E-state index is 0.00836. The minimum absolute atomic E-state index is 0.00836. The Hall–Kier alpha value is -1.76. The Kier molecular flexibility index (Phi) is 5.30. The first-order chi connectivity index (χ1) is 13.0. The van der Waals surface area contributed by atoms with Crippen molar-refractivity contribution in [3.8, 4) is 0 Å². The molecule has 0 bridgehead atoms. The number of benzene rings is 1. The van der Waals surface area contributed by atoms with Gasteiger partial charge < -0.3 is 10.2 Å². The first-order valence-electron chi connectivity index (χ1n) is 8.89. The van der Waals surface area contributed by atoms with Crippen molar-refractivity contribution in [2.45, 2.75) is 31.8 Å². The van der Waals surface area contributed by atoms with E-state index in [1.165, 1.54) is 10.4 Å². The first kappa shape index (κ1) is 18.6. The van der Waals surface area contributed by atoms with E-state index in [0.29, 0.717) is 5.92 Å². The van der Waals surface area contributed by atoms with Crippen molar-refractivity contribution in [1.29, 1.82) is 0 Å². The third-order valence-electron chi connectivity index (χ3n) is 4.82. The highest BCUT2D eigenvalue weighted by Gasteiger charge is 2.41. The number of thiocarbonyl (C=S) groups is 1. The van der Waals surface area contributed by atoms with Crippen LogP contribution in [-0.4, -0.2) is 10.1 Å². The Labute approximate surface area is 177 Å². The van der Waals surface area contributed by atoms with Gasteiger partial charge in [0.15, 0.2) is 5.11 Å². The van der Waals surface area contributed by atoms with E-state index in [0.717, 1.165) is 21.0 Å². The predicted molar refractivity (Wildman–Crippen MR) is 120 cm³/mol. The predicted octanol–water partition coefficient (Wildman–Crippen LogP) is 6.21. The van der Waals surface area contributed by atoms with Gasteiger partial charge in [0.1, 0.15) is 0 Å². The minimum Gasteiger partial charge on any atom is -0.351 e. The van der Waals surface area contributed by atoms with Crippen LogP contribution in [0.1, 0.15) is 48.0 Å². The van der Waals surface area contributed by atoms with Crippen molar-refractivity contribution in [3.63, 3.8) is 0 Å². The molecular formula is C21H20BrN3S2.